The van der Waals surface area contributed by atoms with Crippen molar-refractivity contribution in [2.24, 2.45) is 0 Å². The Kier molecular flexibility index (Phi) is 11.1. The van der Waals surface area contributed by atoms with Gasteiger partial charge in [-0.05, 0) is 76.8 Å². The van der Waals surface area contributed by atoms with Crippen LogP contribution in [0.15, 0.2) is 122 Å². The third kappa shape index (κ3) is 8.97. The SMILES string of the molecule is CN(C[C@H]1C[C@@H](c2ccc(CO)cc2)O[C@@H](c2cccc(-c3cccc(CNC(=O)c4cccnc4)c3)c2)O1)C[C@@H](O)c1cccc(O)c1. The predicted molar refractivity (Wildman–Crippen MR) is 186 cm³/mol. The van der Waals surface area contributed by atoms with Gasteiger partial charge in [0.1, 0.15) is 5.75 Å². The second-order valence-electron chi connectivity index (χ2n) is 12.4. The molecule has 1 aliphatic rings. The quantitative estimate of drug-likeness (QED) is 0.127. The van der Waals surface area contributed by atoms with Crippen LogP contribution in [0.25, 0.3) is 11.1 Å². The molecule has 0 saturated carbocycles. The first-order valence-electron chi connectivity index (χ1n) is 16.4. The molecule has 49 heavy (non-hydrogen) atoms. The molecule has 1 saturated heterocycles. The van der Waals surface area contributed by atoms with Gasteiger partial charge in [-0.3, -0.25) is 9.78 Å². The van der Waals surface area contributed by atoms with E-state index in [4.69, 9.17) is 9.47 Å². The van der Waals surface area contributed by atoms with Gasteiger partial charge in [0.05, 0.1) is 30.5 Å². The molecular formula is C40H41N3O6. The van der Waals surface area contributed by atoms with E-state index in [-0.39, 0.29) is 30.5 Å². The van der Waals surface area contributed by atoms with Gasteiger partial charge in [0.25, 0.3) is 5.91 Å². The minimum Gasteiger partial charge on any atom is -0.508 e. The average molecular weight is 660 g/mol. The molecule has 5 aromatic rings. The second kappa shape index (κ2) is 16.0. The number of likely N-dealkylation sites (N-methyl/N-ethyl adjacent to an activating group) is 1. The van der Waals surface area contributed by atoms with Crippen LogP contribution in [0.4, 0.5) is 0 Å². The van der Waals surface area contributed by atoms with Crippen LogP contribution in [0.1, 0.15) is 63.1 Å². The van der Waals surface area contributed by atoms with E-state index >= 15 is 0 Å². The predicted octanol–water partition coefficient (Wildman–Crippen LogP) is 6.09. The smallest absolute Gasteiger partial charge is 0.253 e. The summed E-state index contributed by atoms with van der Waals surface area (Å²) in [4.78, 5) is 18.6. The number of pyridine rings is 1. The normalized spacial score (nSPS) is 18.2. The van der Waals surface area contributed by atoms with Gasteiger partial charge in [-0.1, -0.05) is 72.8 Å². The number of carbonyl (C=O) groups is 1. The molecule has 0 unspecified atom stereocenters. The molecule has 4 aromatic carbocycles. The first kappa shape index (κ1) is 34.0. The fourth-order valence-corrected chi connectivity index (χ4v) is 6.10. The molecular weight excluding hydrogens is 618 g/mol. The summed E-state index contributed by atoms with van der Waals surface area (Å²) in [6.45, 7) is 1.26. The second-order valence-corrected chi connectivity index (χ2v) is 12.4. The van der Waals surface area contributed by atoms with Crippen molar-refractivity contribution in [3.05, 3.63) is 155 Å². The van der Waals surface area contributed by atoms with Crippen LogP contribution in [-0.4, -0.2) is 57.4 Å². The zero-order valence-electron chi connectivity index (χ0n) is 27.4. The lowest BCUT2D eigenvalue weighted by Crippen LogP contribution is -2.39. The van der Waals surface area contributed by atoms with Gasteiger partial charge in [0.2, 0.25) is 0 Å². The summed E-state index contributed by atoms with van der Waals surface area (Å²) in [6.07, 6.45) is 1.91. The van der Waals surface area contributed by atoms with Gasteiger partial charge in [0, 0.05) is 44.0 Å². The summed E-state index contributed by atoms with van der Waals surface area (Å²) in [6, 6.07) is 34.1. The number of hydrogen-bond acceptors (Lipinski definition) is 8. The molecule has 6 rings (SSSR count). The largest absolute Gasteiger partial charge is 0.508 e. The number of aromatic nitrogens is 1. The number of amides is 1. The summed E-state index contributed by atoms with van der Waals surface area (Å²) in [5.74, 6) is -0.0619. The summed E-state index contributed by atoms with van der Waals surface area (Å²) < 4.78 is 13.2. The van der Waals surface area contributed by atoms with Crippen LogP contribution in [0, 0.1) is 0 Å². The zero-order chi connectivity index (χ0) is 34.2. The number of aliphatic hydroxyl groups excluding tert-OH is 2. The molecule has 9 nitrogen and oxygen atoms in total. The molecule has 0 aliphatic carbocycles. The van der Waals surface area contributed by atoms with Crippen molar-refractivity contribution >= 4 is 5.91 Å². The maximum Gasteiger partial charge on any atom is 0.253 e. The summed E-state index contributed by atoms with van der Waals surface area (Å²) >= 11 is 0. The number of phenolic OH excluding ortho intramolecular Hbond substituents is 1. The first-order chi connectivity index (χ1) is 23.8. The maximum atomic E-state index is 12.6. The topological polar surface area (TPSA) is 124 Å². The van der Waals surface area contributed by atoms with E-state index in [0.717, 1.165) is 33.4 Å². The van der Waals surface area contributed by atoms with E-state index < -0.39 is 12.4 Å². The Morgan fingerprint density at radius 2 is 1.67 bits per heavy atom. The molecule has 4 atom stereocenters. The molecule has 0 radical (unpaired) electrons. The molecule has 1 amide bonds. The van der Waals surface area contributed by atoms with E-state index in [0.29, 0.717) is 37.2 Å². The molecule has 4 N–H and O–H groups in total. The number of carbonyl (C=O) groups excluding carboxylic acids is 1. The van der Waals surface area contributed by atoms with Gasteiger partial charge >= 0.3 is 0 Å². The maximum absolute atomic E-state index is 12.6. The minimum atomic E-state index is -0.773. The Morgan fingerprint density at radius 1 is 0.898 bits per heavy atom. The van der Waals surface area contributed by atoms with E-state index in [9.17, 15) is 20.1 Å². The van der Waals surface area contributed by atoms with Gasteiger partial charge in [-0.25, -0.2) is 0 Å². The molecule has 1 fully saturated rings. The highest BCUT2D eigenvalue weighted by molar-refractivity contribution is 5.93. The number of benzene rings is 4. The minimum absolute atomic E-state index is 0.0304. The van der Waals surface area contributed by atoms with Crippen molar-refractivity contribution in [1.29, 1.82) is 0 Å². The van der Waals surface area contributed by atoms with Crippen LogP contribution in [0.5, 0.6) is 5.75 Å². The van der Waals surface area contributed by atoms with Crippen LogP contribution in [-0.2, 0) is 22.6 Å². The van der Waals surface area contributed by atoms with Crippen molar-refractivity contribution in [2.45, 2.75) is 44.2 Å². The number of phenols is 1. The number of aromatic hydroxyl groups is 1. The number of nitrogens with one attached hydrogen (secondary N) is 1. The van der Waals surface area contributed by atoms with Crippen molar-refractivity contribution in [3.8, 4) is 16.9 Å². The lowest BCUT2D eigenvalue weighted by atomic mass is 9.98. The van der Waals surface area contributed by atoms with Crippen molar-refractivity contribution in [2.75, 3.05) is 20.1 Å². The highest BCUT2D eigenvalue weighted by Crippen LogP contribution is 2.39. The molecule has 1 aliphatic heterocycles. The lowest BCUT2D eigenvalue weighted by molar-refractivity contribution is -0.252. The van der Waals surface area contributed by atoms with Crippen LogP contribution in [0.3, 0.4) is 0 Å². The van der Waals surface area contributed by atoms with Gasteiger partial charge in [-0.15, -0.1) is 0 Å². The van der Waals surface area contributed by atoms with E-state index in [1.54, 1.807) is 48.8 Å². The highest BCUT2D eigenvalue weighted by Gasteiger charge is 2.33. The third-order valence-corrected chi connectivity index (χ3v) is 8.67. The monoisotopic (exact) mass is 659 g/mol. The number of nitrogens with zero attached hydrogens (tertiary/aromatic N) is 2. The Hall–Kier alpha value is -4.90. The Balaban J connectivity index is 1.18. The van der Waals surface area contributed by atoms with Crippen molar-refractivity contribution < 1.29 is 29.6 Å². The number of rotatable bonds is 12. The molecule has 0 spiro atoms. The third-order valence-electron chi connectivity index (χ3n) is 8.67. The van der Waals surface area contributed by atoms with Gasteiger partial charge in [0.15, 0.2) is 6.29 Å². The van der Waals surface area contributed by atoms with Gasteiger partial charge < -0.3 is 35.0 Å². The van der Waals surface area contributed by atoms with Gasteiger partial charge in [-0.2, -0.15) is 0 Å². The van der Waals surface area contributed by atoms with Crippen molar-refractivity contribution in [3.63, 3.8) is 0 Å². The fraction of sp³-hybridized carbons (Fsp3) is 0.250. The van der Waals surface area contributed by atoms with E-state index in [1.165, 1.54) is 0 Å². The number of ether oxygens (including phenoxy) is 2. The first-order valence-corrected chi connectivity index (χ1v) is 16.4. The van der Waals surface area contributed by atoms with Crippen LogP contribution < -0.4 is 5.32 Å². The van der Waals surface area contributed by atoms with E-state index in [1.807, 2.05) is 72.6 Å². The fourth-order valence-electron chi connectivity index (χ4n) is 6.10. The van der Waals surface area contributed by atoms with Crippen LogP contribution in [0.2, 0.25) is 0 Å². The number of hydrogen-bond donors (Lipinski definition) is 4. The van der Waals surface area contributed by atoms with Crippen molar-refractivity contribution in [1.82, 2.24) is 15.2 Å². The summed E-state index contributed by atoms with van der Waals surface area (Å²) in [5, 5.41) is 33.3. The highest BCUT2D eigenvalue weighted by atomic mass is 16.7. The lowest BCUT2D eigenvalue weighted by Gasteiger charge is -2.38. The Labute approximate surface area is 286 Å². The standard InChI is InChI=1S/C40H41N3O6/c1-43(25-37(46)32-9-4-12-35(45)20-32)24-36-21-38(29-15-13-27(26-44)14-16-29)49-40(48-36)33-10-3-8-31(19-33)30-7-2-6-28(18-30)22-42-39(47)34-11-5-17-41-23-34/h2-20,23,36-38,40,44-46H,21-22,24-26H2,1H3,(H,42,47)/t36-,37-,38+,40+/m1/s1. The molecule has 0 bridgehead atoms. The number of aliphatic hydroxyl groups is 2. The zero-order valence-corrected chi connectivity index (χ0v) is 27.4. The Bertz CT molecular complexity index is 1830. The van der Waals surface area contributed by atoms with Crippen LogP contribution >= 0.6 is 0 Å². The molecule has 9 heteroatoms. The Morgan fingerprint density at radius 3 is 2.43 bits per heavy atom. The molecule has 1 aromatic heterocycles. The average Bonchev–Trinajstić information content (AvgIpc) is 3.14. The molecule has 2 heterocycles. The summed E-state index contributed by atoms with van der Waals surface area (Å²) in [5.41, 5.74) is 6.81. The summed E-state index contributed by atoms with van der Waals surface area (Å²) in [7, 11) is 1.94. The molecule has 252 valence electrons. The van der Waals surface area contributed by atoms with E-state index in [2.05, 4.69) is 22.4 Å².